The van der Waals surface area contributed by atoms with Gasteiger partial charge < -0.3 is 9.80 Å². The van der Waals surface area contributed by atoms with Crippen LogP contribution in [0.5, 0.6) is 0 Å². The van der Waals surface area contributed by atoms with E-state index in [4.69, 9.17) is 0 Å². The van der Waals surface area contributed by atoms with Gasteiger partial charge in [-0.05, 0) is 31.4 Å². The summed E-state index contributed by atoms with van der Waals surface area (Å²) in [7, 11) is 0. The lowest BCUT2D eigenvalue weighted by atomic mass is 9.95. The zero-order valence-electron chi connectivity index (χ0n) is 14.5. The molecule has 7 nitrogen and oxygen atoms in total. The van der Waals surface area contributed by atoms with E-state index in [1.54, 1.807) is 12.4 Å². The summed E-state index contributed by atoms with van der Waals surface area (Å²) < 4.78 is 0. The van der Waals surface area contributed by atoms with Crippen molar-refractivity contribution in [3.63, 3.8) is 0 Å². The highest BCUT2D eigenvalue weighted by Crippen LogP contribution is 2.25. The zero-order chi connectivity index (χ0) is 17.1. The summed E-state index contributed by atoms with van der Waals surface area (Å²) in [6.45, 7) is 9.06. The lowest BCUT2D eigenvalue weighted by molar-refractivity contribution is -0.131. The number of carbonyl (C=O) groups is 1. The summed E-state index contributed by atoms with van der Waals surface area (Å²) in [6.07, 6.45) is 4.01. The highest BCUT2D eigenvalue weighted by Gasteiger charge is 2.25. The number of aromatic amines is 1. The molecule has 1 amide bonds. The number of nitrogens with one attached hydrogen (secondary N) is 1. The highest BCUT2D eigenvalue weighted by molar-refractivity contribution is 5.77. The van der Waals surface area contributed by atoms with Crippen molar-refractivity contribution in [1.82, 2.24) is 25.1 Å². The molecule has 7 heteroatoms. The van der Waals surface area contributed by atoms with Crippen LogP contribution < -0.4 is 4.90 Å². The minimum absolute atomic E-state index is 0.173. The van der Waals surface area contributed by atoms with Crippen molar-refractivity contribution in [2.45, 2.75) is 33.1 Å². The molecule has 0 bridgehead atoms. The number of H-pyrrole nitrogens is 1. The minimum Gasteiger partial charge on any atom is -0.339 e. The Morgan fingerprint density at radius 1 is 1.21 bits per heavy atom. The van der Waals surface area contributed by atoms with Gasteiger partial charge in [-0.2, -0.15) is 5.10 Å². The van der Waals surface area contributed by atoms with Gasteiger partial charge in [0.05, 0.1) is 5.69 Å². The molecule has 1 N–H and O–H groups in total. The molecule has 1 saturated heterocycles. The van der Waals surface area contributed by atoms with Crippen molar-refractivity contribution in [3.8, 4) is 0 Å². The molecule has 0 aromatic carbocycles. The topological polar surface area (TPSA) is 78.0 Å². The maximum atomic E-state index is 12.6. The molecule has 0 spiro atoms. The molecule has 3 rings (SSSR count). The lowest BCUT2D eigenvalue weighted by Gasteiger charge is -2.35. The Balaban J connectivity index is 1.56. The van der Waals surface area contributed by atoms with E-state index in [-0.39, 0.29) is 11.8 Å². The third kappa shape index (κ3) is 3.39. The number of carbonyl (C=O) groups excluding carboxylic acids is 1. The average molecular weight is 328 g/mol. The lowest BCUT2D eigenvalue weighted by Crippen LogP contribution is -2.49. The Hall–Kier alpha value is -2.44. The van der Waals surface area contributed by atoms with Crippen molar-refractivity contribution in [1.29, 1.82) is 0 Å². The largest absolute Gasteiger partial charge is 0.339 e. The standard InChI is InChI=1S/C17H24N6O/c1-12(16-13(2)20-21-14(16)3)11-15(24)22-7-9-23(10-8-22)17-18-5-4-6-19-17/h4-6,12H,7-11H2,1-3H3,(H,20,21). The fourth-order valence-corrected chi connectivity index (χ4v) is 3.39. The number of nitrogens with zero attached hydrogens (tertiary/aromatic N) is 5. The van der Waals surface area contributed by atoms with Gasteiger partial charge >= 0.3 is 0 Å². The van der Waals surface area contributed by atoms with Crippen LogP contribution in [0.15, 0.2) is 18.5 Å². The van der Waals surface area contributed by atoms with Gasteiger partial charge in [0.1, 0.15) is 0 Å². The normalized spacial score (nSPS) is 16.3. The molecule has 1 aliphatic rings. The van der Waals surface area contributed by atoms with E-state index in [0.29, 0.717) is 19.5 Å². The van der Waals surface area contributed by atoms with E-state index in [1.807, 2.05) is 24.8 Å². The Labute approximate surface area is 142 Å². The van der Waals surface area contributed by atoms with Gasteiger partial charge in [-0.1, -0.05) is 6.92 Å². The predicted molar refractivity (Wildman–Crippen MR) is 91.9 cm³/mol. The Bertz CT molecular complexity index is 671. The third-order valence-corrected chi connectivity index (χ3v) is 4.63. The molecule has 1 fully saturated rings. The van der Waals surface area contributed by atoms with Crippen LogP contribution in [0.2, 0.25) is 0 Å². The highest BCUT2D eigenvalue weighted by atomic mass is 16.2. The number of anilines is 1. The minimum atomic E-state index is 0.173. The SMILES string of the molecule is Cc1n[nH]c(C)c1C(C)CC(=O)N1CCN(c2ncccn2)CC1. The van der Waals surface area contributed by atoms with Gasteiger partial charge in [-0.15, -0.1) is 0 Å². The molecule has 1 atom stereocenters. The van der Waals surface area contributed by atoms with Crippen LogP contribution in [-0.4, -0.2) is 57.2 Å². The smallest absolute Gasteiger partial charge is 0.225 e. The molecule has 1 aliphatic heterocycles. The molecule has 2 aromatic rings. The monoisotopic (exact) mass is 328 g/mol. The van der Waals surface area contributed by atoms with Gasteiger partial charge in [-0.3, -0.25) is 9.89 Å². The number of aryl methyl sites for hydroxylation is 2. The molecule has 0 aliphatic carbocycles. The molecular weight excluding hydrogens is 304 g/mol. The molecule has 1 unspecified atom stereocenters. The summed E-state index contributed by atoms with van der Waals surface area (Å²) in [5.74, 6) is 1.12. The van der Waals surface area contributed by atoms with Crippen LogP contribution in [0.4, 0.5) is 5.95 Å². The first-order chi connectivity index (χ1) is 11.6. The maximum absolute atomic E-state index is 12.6. The maximum Gasteiger partial charge on any atom is 0.225 e. The van der Waals surface area contributed by atoms with Crippen LogP contribution >= 0.6 is 0 Å². The fourth-order valence-electron chi connectivity index (χ4n) is 3.39. The molecule has 3 heterocycles. The summed E-state index contributed by atoms with van der Waals surface area (Å²) in [5.41, 5.74) is 3.21. The quantitative estimate of drug-likeness (QED) is 0.923. The van der Waals surface area contributed by atoms with Crippen LogP contribution in [0, 0.1) is 13.8 Å². The van der Waals surface area contributed by atoms with Gasteiger partial charge in [0.2, 0.25) is 11.9 Å². The van der Waals surface area contributed by atoms with Crippen molar-refractivity contribution < 1.29 is 4.79 Å². The van der Waals surface area contributed by atoms with Crippen LogP contribution in [-0.2, 0) is 4.79 Å². The zero-order valence-corrected chi connectivity index (χ0v) is 14.5. The molecule has 2 aromatic heterocycles. The predicted octanol–water partition coefficient (Wildman–Crippen LogP) is 1.66. The Kier molecular flexibility index (Phi) is 4.78. The van der Waals surface area contributed by atoms with E-state index in [1.165, 1.54) is 5.56 Å². The number of rotatable bonds is 4. The van der Waals surface area contributed by atoms with E-state index in [2.05, 4.69) is 32.0 Å². The van der Waals surface area contributed by atoms with Gasteiger partial charge in [-0.25, -0.2) is 9.97 Å². The molecule has 24 heavy (non-hydrogen) atoms. The first-order valence-electron chi connectivity index (χ1n) is 8.37. The molecular formula is C17H24N6O. The van der Waals surface area contributed by atoms with Gasteiger partial charge in [0, 0.05) is 50.7 Å². The molecule has 128 valence electrons. The second-order valence-corrected chi connectivity index (χ2v) is 6.37. The third-order valence-electron chi connectivity index (χ3n) is 4.63. The van der Waals surface area contributed by atoms with Gasteiger partial charge in [0.15, 0.2) is 0 Å². The summed E-state index contributed by atoms with van der Waals surface area (Å²) in [4.78, 5) is 25.2. The average Bonchev–Trinajstić information content (AvgIpc) is 2.94. The van der Waals surface area contributed by atoms with Crippen LogP contribution in [0.1, 0.15) is 36.2 Å². The summed E-state index contributed by atoms with van der Waals surface area (Å²) in [6, 6.07) is 1.81. The van der Waals surface area contributed by atoms with E-state index >= 15 is 0 Å². The van der Waals surface area contributed by atoms with Crippen molar-refractivity contribution in [2.75, 3.05) is 31.1 Å². The second kappa shape index (κ2) is 6.98. The number of hydrogen-bond acceptors (Lipinski definition) is 5. The number of piperazine rings is 1. The number of hydrogen-bond donors (Lipinski definition) is 1. The summed E-state index contributed by atoms with van der Waals surface area (Å²) in [5, 5.41) is 7.23. The van der Waals surface area contributed by atoms with Crippen LogP contribution in [0.3, 0.4) is 0 Å². The van der Waals surface area contributed by atoms with E-state index in [9.17, 15) is 4.79 Å². The summed E-state index contributed by atoms with van der Waals surface area (Å²) >= 11 is 0. The van der Waals surface area contributed by atoms with Crippen molar-refractivity contribution in [3.05, 3.63) is 35.4 Å². The fraction of sp³-hybridized carbons (Fsp3) is 0.529. The first kappa shape index (κ1) is 16.4. The van der Waals surface area contributed by atoms with Crippen LogP contribution in [0.25, 0.3) is 0 Å². The molecule has 0 radical (unpaired) electrons. The van der Waals surface area contributed by atoms with Crippen molar-refractivity contribution in [2.24, 2.45) is 0 Å². The van der Waals surface area contributed by atoms with Crippen molar-refractivity contribution >= 4 is 11.9 Å². The van der Waals surface area contributed by atoms with Gasteiger partial charge in [0.25, 0.3) is 0 Å². The Morgan fingerprint density at radius 2 is 1.88 bits per heavy atom. The van der Waals surface area contributed by atoms with E-state index in [0.717, 1.165) is 30.4 Å². The first-order valence-corrected chi connectivity index (χ1v) is 8.37. The number of aromatic nitrogens is 4. The number of amides is 1. The molecule has 0 saturated carbocycles. The van der Waals surface area contributed by atoms with E-state index < -0.39 is 0 Å². The Morgan fingerprint density at radius 3 is 2.46 bits per heavy atom. The second-order valence-electron chi connectivity index (χ2n) is 6.37.